The van der Waals surface area contributed by atoms with Crippen LogP contribution in [-0.4, -0.2) is 20.0 Å². The van der Waals surface area contributed by atoms with Crippen molar-refractivity contribution in [1.82, 2.24) is 19.4 Å². The Balaban J connectivity index is 1.84. The van der Waals surface area contributed by atoms with Gasteiger partial charge in [-0.3, -0.25) is 4.79 Å². The molecule has 2 aromatic heterocycles. The maximum Gasteiger partial charge on any atom is 0.268 e. The van der Waals surface area contributed by atoms with Crippen molar-refractivity contribution in [1.29, 1.82) is 0 Å². The van der Waals surface area contributed by atoms with Gasteiger partial charge in [0.15, 0.2) is 0 Å². The number of carbonyl (C=O) groups excluding carboxylic acids is 1. The zero-order chi connectivity index (χ0) is 15.7. The molecule has 0 unspecified atom stereocenters. The molecule has 0 saturated carbocycles. The number of nitrogens with zero attached hydrogens (tertiary/aromatic N) is 3. The lowest BCUT2D eigenvalue weighted by atomic mass is 10.2. The minimum Gasteiger partial charge on any atom is -0.345 e. The van der Waals surface area contributed by atoms with E-state index in [1.54, 1.807) is 12.5 Å². The minimum atomic E-state index is -0.126. The Morgan fingerprint density at radius 3 is 2.95 bits per heavy atom. The molecule has 0 atom stereocenters. The van der Waals surface area contributed by atoms with Gasteiger partial charge in [-0.25, -0.2) is 4.98 Å². The molecule has 0 fully saturated rings. The summed E-state index contributed by atoms with van der Waals surface area (Å²) in [6.45, 7) is 3.32. The predicted molar refractivity (Wildman–Crippen MR) is 87.0 cm³/mol. The maximum atomic E-state index is 12.4. The second kappa shape index (κ2) is 5.85. The third-order valence-electron chi connectivity index (χ3n) is 3.84. The first-order valence-corrected chi connectivity index (χ1v) is 7.50. The van der Waals surface area contributed by atoms with Crippen LogP contribution in [0.4, 0.5) is 0 Å². The fourth-order valence-electron chi connectivity index (χ4n) is 2.58. The number of aryl methyl sites for hydroxylation is 2. The first-order chi connectivity index (χ1) is 10.6. The molecule has 3 rings (SSSR count). The lowest BCUT2D eigenvalue weighted by Crippen LogP contribution is -2.25. The molecule has 22 heavy (non-hydrogen) atoms. The van der Waals surface area contributed by atoms with Crippen LogP contribution in [0.3, 0.4) is 0 Å². The molecule has 0 saturated heterocycles. The Morgan fingerprint density at radius 2 is 2.23 bits per heavy atom. The van der Waals surface area contributed by atoms with Crippen molar-refractivity contribution in [2.24, 2.45) is 7.05 Å². The highest BCUT2D eigenvalue weighted by Crippen LogP contribution is 2.26. The van der Waals surface area contributed by atoms with Crippen molar-refractivity contribution >= 4 is 28.4 Å². The molecule has 0 aliphatic rings. The van der Waals surface area contributed by atoms with E-state index < -0.39 is 0 Å². The van der Waals surface area contributed by atoms with E-state index in [9.17, 15) is 4.79 Å². The van der Waals surface area contributed by atoms with Crippen LogP contribution in [-0.2, 0) is 20.1 Å². The molecule has 0 bridgehead atoms. The summed E-state index contributed by atoms with van der Waals surface area (Å²) in [4.78, 5) is 16.5. The van der Waals surface area contributed by atoms with Crippen molar-refractivity contribution in [3.8, 4) is 0 Å². The van der Waals surface area contributed by atoms with Crippen LogP contribution < -0.4 is 5.32 Å². The van der Waals surface area contributed by atoms with E-state index in [2.05, 4.69) is 10.3 Å². The van der Waals surface area contributed by atoms with Gasteiger partial charge in [-0.1, -0.05) is 17.7 Å². The van der Waals surface area contributed by atoms with Gasteiger partial charge in [0.25, 0.3) is 5.91 Å². The summed E-state index contributed by atoms with van der Waals surface area (Å²) in [7, 11) is 1.86. The quantitative estimate of drug-likeness (QED) is 0.804. The molecule has 1 amide bonds. The summed E-state index contributed by atoms with van der Waals surface area (Å²) in [5, 5.41) is 4.47. The number of nitrogens with one attached hydrogen (secondary N) is 1. The van der Waals surface area contributed by atoms with Crippen LogP contribution >= 0.6 is 11.6 Å². The van der Waals surface area contributed by atoms with Gasteiger partial charge in [-0.05, 0) is 25.1 Å². The summed E-state index contributed by atoms with van der Waals surface area (Å²) in [5.74, 6) is -0.126. The highest BCUT2D eigenvalue weighted by molar-refractivity contribution is 6.35. The van der Waals surface area contributed by atoms with E-state index in [1.165, 1.54) is 0 Å². The van der Waals surface area contributed by atoms with Crippen molar-refractivity contribution < 1.29 is 4.79 Å². The summed E-state index contributed by atoms with van der Waals surface area (Å²) in [6.07, 6.45) is 3.53. The molecular formula is C16H17ClN4O. The van der Waals surface area contributed by atoms with Crippen LogP contribution in [0.1, 0.15) is 23.1 Å². The molecule has 0 radical (unpaired) electrons. The summed E-state index contributed by atoms with van der Waals surface area (Å²) in [6, 6.07) is 7.48. The number of fused-ring (bicyclic) bond motifs is 1. The van der Waals surface area contributed by atoms with Gasteiger partial charge in [0.1, 0.15) is 5.69 Å². The zero-order valence-corrected chi connectivity index (χ0v) is 13.3. The highest BCUT2D eigenvalue weighted by Gasteiger charge is 2.15. The Hall–Kier alpha value is -2.27. The van der Waals surface area contributed by atoms with Crippen molar-refractivity contribution in [3.63, 3.8) is 0 Å². The summed E-state index contributed by atoms with van der Waals surface area (Å²) < 4.78 is 3.85. The lowest BCUT2D eigenvalue weighted by molar-refractivity contribution is 0.0942. The molecule has 114 valence electrons. The largest absolute Gasteiger partial charge is 0.345 e. The van der Waals surface area contributed by atoms with E-state index in [4.69, 9.17) is 11.6 Å². The average molecular weight is 317 g/mol. The van der Waals surface area contributed by atoms with Crippen LogP contribution in [0.15, 0.2) is 36.8 Å². The minimum absolute atomic E-state index is 0.126. The molecule has 1 N–H and O–H groups in total. The van der Waals surface area contributed by atoms with Gasteiger partial charge in [0.2, 0.25) is 0 Å². The molecule has 0 aliphatic carbocycles. The third-order valence-corrected chi connectivity index (χ3v) is 4.17. The van der Waals surface area contributed by atoms with E-state index in [-0.39, 0.29) is 5.91 Å². The third kappa shape index (κ3) is 2.48. The van der Waals surface area contributed by atoms with E-state index in [1.807, 2.05) is 47.4 Å². The zero-order valence-electron chi connectivity index (χ0n) is 12.5. The molecule has 6 heteroatoms. The SMILES string of the molecule is CCn1cncc1CNC(=O)c1cc2c(Cl)cccc2n1C. The summed E-state index contributed by atoms with van der Waals surface area (Å²) in [5.41, 5.74) is 2.51. The molecular weight excluding hydrogens is 300 g/mol. The number of amides is 1. The lowest BCUT2D eigenvalue weighted by Gasteiger charge is -2.08. The predicted octanol–water partition coefficient (Wildman–Crippen LogP) is 2.98. The molecule has 1 aromatic carbocycles. The van der Waals surface area contributed by atoms with Crippen LogP contribution in [0.25, 0.3) is 10.9 Å². The molecule has 0 spiro atoms. The number of carbonyl (C=O) groups is 1. The molecule has 5 nitrogen and oxygen atoms in total. The van der Waals surface area contributed by atoms with E-state index in [0.29, 0.717) is 17.3 Å². The van der Waals surface area contributed by atoms with Gasteiger partial charge in [-0.2, -0.15) is 0 Å². The second-order valence-electron chi connectivity index (χ2n) is 5.11. The fraction of sp³-hybridized carbons (Fsp3) is 0.250. The Morgan fingerprint density at radius 1 is 1.41 bits per heavy atom. The highest BCUT2D eigenvalue weighted by atomic mass is 35.5. The van der Waals surface area contributed by atoms with Crippen LogP contribution in [0.2, 0.25) is 5.02 Å². The Kier molecular flexibility index (Phi) is 3.90. The molecule has 2 heterocycles. The summed E-state index contributed by atoms with van der Waals surface area (Å²) >= 11 is 6.19. The topological polar surface area (TPSA) is 51.9 Å². The first kappa shape index (κ1) is 14.7. The normalized spacial score (nSPS) is 11.0. The average Bonchev–Trinajstić information content (AvgIpc) is 3.10. The van der Waals surface area contributed by atoms with Gasteiger partial charge in [-0.15, -0.1) is 0 Å². The van der Waals surface area contributed by atoms with Gasteiger partial charge in [0.05, 0.1) is 18.6 Å². The fourth-order valence-corrected chi connectivity index (χ4v) is 2.81. The Bertz CT molecular complexity index is 834. The number of rotatable bonds is 4. The number of hydrogen-bond acceptors (Lipinski definition) is 2. The van der Waals surface area contributed by atoms with E-state index in [0.717, 1.165) is 23.1 Å². The first-order valence-electron chi connectivity index (χ1n) is 7.13. The number of benzene rings is 1. The maximum absolute atomic E-state index is 12.4. The van der Waals surface area contributed by atoms with Gasteiger partial charge < -0.3 is 14.5 Å². The smallest absolute Gasteiger partial charge is 0.268 e. The molecule has 0 aliphatic heterocycles. The van der Waals surface area contributed by atoms with Crippen molar-refractivity contribution in [2.45, 2.75) is 20.0 Å². The Labute approximate surface area is 133 Å². The number of halogens is 1. The standard InChI is InChI=1S/C16H17ClN4O/c1-3-21-10-18-8-11(21)9-19-16(22)15-7-12-13(17)5-4-6-14(12)20(15)2/h4-8,10H,3,9H2,1-2H3,(H,19,22). The number of hydrogen-bond donors (Lipinski definition) is 1. The van der Waals surface area contributed by atoms with Crippen molar-refractivity contribution in [2.75, 3.05) is 0 Å². The van der Waals surface area contributed by atoms with Crippen LogP contribution in [0, 0.1) is 0 Å². The van der Waals surface area contributed by atoms with E-state index >= 15 is 0 Å². The number of imidazole rings is 1. The number of aromatic nitrogens is 3. The van der Waals surface area contributed by atoms with Gasteiger partial charge in [0, 0.05) is 35.7 Å². The van der Waals surface area contributed by atoms with Gasteiger partial charge >= 0.3 is 0 Å². The molecule has 3 aromatic rings. The monoisotopic (exact) mass is 316 g/mol. The van der Waals surface area contributed by atoms with Crippen LogP contribution in [0.5, 0.6) is 0 Å². The van der Waals surface area contributed by atoms with Crippen molar-refractivity contribution in [3.05, 3.63) is 53.2 Å². The second-order valence-corrected chi connectivity index (χ2v) is 5.52.